The van der Waals surface area contributed by atoms with E-state index in [2.05, 4.69) is 59.5 Å². The van der Waals surface area contributed by atoms with Crippen LogP contribution in [0.2, 0.25) is 0 Å². The second-order valence-electron chi connectivity index (χ2n) is 9.46. The molecule has 1 saturated carbocycles. The number of aromatic nitrogens is 5. The average Bonchev–Trinajstić information content (AvgIpc) is 3.27. The van der Waals surface area contributed by atoms with Gasteiger partial charge in [-0.15, -0.1) is 0 Å². The summed E-state index contributed by atoms with van der Waals surface area (Å²) in [5, 5.41) is 11.9. The first-order valence-electron chi connectivity index (χ1n) is 11.5. The Kier molecular flexibility index (Phi) is 3.79. The maximum atomic E-state index is 6.10. The second kappa shape index (κ2) is 6.65. The fraction of sp³-hybridized carbons (Fsp3) is 0.269. The molecular formula is C26H25N7. The van der Waals surface area contributed by atoms with Gasteiger partial charge in [0, 0.05) is 48.7 Å². The molecule has 7 heteroatoms. The largest absolute Gasteiger partial charge is 0.356 e. The van der Waals surface area contributed by atoms with Crippen molar-refractivity contribution in [2.45, 2.75) is 13.0 Å². The van der Waals surface area contributed by atoms with Gasteiger partial charge in [-0.05, 0) is 42.5 Å². The lowest BCUT2D eigenvalue weighted by atomic mass is 10.0. The van der Waals surface area contributed by atoms with E-state index in [-0.39, 0.29) is 0 Å². The predicted molar refractivity (Wildman–Crippen MR) is 130 cm³/mol. The Morgan fingerprint density at radius 3 is 2.55 bits per heavy atom. The highest BCUT2D eigenvalue weighted by molar-refractivity contribution is 6.03. The predicted octanol–water partition coefficient (Wildman–Crippen LogP) is 3.68. The summed E-state index contributed by atoms with van der Waals surface area (Å²) in [5.74, 6) is 2.30. The van der Waals surface area contributed by atoms with Gasteiger partial charge in [-0.25, -0.2) is 9.67 Å². The zero-order valence-corrected chi connectivity index (χ0v) is 18.7. The van der Waals surface area contributed by atoms with Crippen LogP contribution in [0.3, 0.4) is 0 Å². The molecule has 7 nitrogen and oxygen atoms in total. The summed E-state index contributed by atoms with van der Waals surface area (Å²) >= 11 is 0. The Morgan fingerprint density at radius 1 is 0.939 bits per heavy atom. The number of hydrogen-bond acceptors (Lipinski definition) is 5. The minimum Gasteiger partial charge on any atom is -0.356 e. The molecule has 1 aliphatic heterocycles. The summed E-state index contributed by atoms with van der Waals surface area (Å²) < 4.78 is 3.89. The van der Waals surface area contributed by atoms with Crippen LogP contribution in [0, 0.1) is 18.8 Å². The standard InChI is InChI=1S/C26H25N7/c1-15-5-3-7-18-25(17-6-4-8-22-19(17)12-31(2)29-22)30-33(26(15)18)16-9-10-23(28-11-16)32-13-20-21(14-32)24(20)27/h3-12,20-21,24H,13-14,27H2,1-2H3. The summed E-state index contributed by atoms with van der Waals surface area (Å²) in [6, 6.07) is 17.2. The van der Waals surface area contributed by atoms with Gasteiger partial charge < -0.3 is 10.6 Å². The Labute approximate surface area is 191 Å². The van der Waals surface area contributed by atoms with Crippen molar-refractivity contribution >= 4 is 27.6 Å². The molecule has 2 fully saturated rings. The van der Waals surface area contributed by atoms with Crippen LogP contribution in [-0.4, -0.2) is 43.7 Å². The van der Waals surface area contributed by atoms with Gasteiger partial charge in [-0.2, -0.15) is 10.2 Å². The average molecular weight is 436 g/mol. The number of anilines is 1. The number of nitrogens with two attached hydrogens (primary N) is 1. The van der Waals surface area contributed by atoms with E-state index in [1.807, 2.05) is 34.7 Å². The maximum absolute atomic E-state index is 6.10. The van der Waals surface area contributed by atoms with Crippen LogP contribution in [-0.2, 0) is 7.05 Å². The normalized spacial score (nSPS) is 21.8. The summed E-state index contributed by atoms with van der Waals surface area (Å²) in [6.45, 7) is 4.17. The fourth-order valence-electron chi connectivity index (χ4n) is 5.54. The number of aryl methyl sites for hydroxylation is 2. The van der Waals surface area contributed by atoms with Crippen LogP contribution >= 0.6 is 0 Å². The summed E-state index contributed by atoms with van der Waals surface area (Å²) in [7, 11) is 1.95. The molecule has 0 bridgehead atoms. The zero-order chi connectivity index (χ0) is 22.3. The van der Waals surface area contributed by atoms with Crippen molar-refractivity contribution in [2.24, 2.45) is 24.6 Å². The molecule has 2 unspecified atom stereocenters. The lowest BCUT2D eigenvalue weighted by Crippen LogP contribution is -2.28. The Hall–Kier alpha value is -3.71. The number of para-hydroxylation sites is 1. The van der Waals surface area contributed by atoms with Crippen LogP contribution in [0.5, 0.6) is 0 Å². The smallest absolute Gasteiger partial charge is 0.128 e. The number of piperidine rings is 1. The van der Waals surface area contributed by atoms with Gasteiger partial charge in [-0.3, -0.25) is 4.68 Å². The van der Waals surface area contributed by atoms with Gasteiger partial charge in [0.05, 0.1) is 22.9 Å². The molecule has 2 aliphatic rings. The number of fused-ring (bicyclic) bond motifs is 3. The summed E-state index contributed by atoms with van der Waals surface area (Å²) in [5.41, 5.74) is 12.4. The van der Waals surface area contributed by atoms with Crippen molar-refractivity contribution < 1.29 is 0 Å². The number of pyridine rings is 1. The van der Waals surface area contributed by atoms with Crippen LogP contribution in [0.1, 0.15) is 5.56 Å². The van der Waals surface area contributed by atoms with E-state index in [0.29, 0.717) is 17.9 Å². The zero-order valence-electron chi connectivity index (χ0n) is 18.7. The molecule has 2 aromatic carbocycles. The molecule has 1 saturated heterocycles. The quantitative estimate of drug-likeness (QED) is 0.468. The molecule has 3 aromatic heterocycles. The first kappa shape index (κ1) is 18.8. The van der Waals surface area contributed by atoms with Crippen molar-refractivity contribution in [3.63, 3.8) is 0 Å². The van der Waals surface area contributed by atoms with Crippen LogP contribution in [0.25, 0.3) is 38.8 Å². The van der Waals surface area contributed by atoms with Gasteiger partial charge in [0.2, 0.25) is 0 Å². The van der Waals surface area contributed by atoms with E-state index in [4.69, 9.17) is 15.8 Å². The number of rotatable bonds is 3. The topological polar surface area (TPSA) is 77.8 Å². The molecule has 0 radical (unpaired) electrons. The van der Waals surface area contributed by atoms with Gasteiger partial charge in [-0.1, -0.05) is 30.3 Å². The summed E-state index contributed by atoms with van der Waals surface area (Å²) in [4.78, 5) is 7.15. The van der Waals surface area contributed by atoms with Crippen molar-refractivity contribution in [1.29, 1.82) is 0 Å². The monoisotopic (exact) mass is 435 g/mol. The lowest BCUT2D eigenvalue weighted by molar-refractivity contribution is 0.735. The van der Waals surface area contributed by atoms with E-state index in [1.54, 1.807) is 0 Å². The van der Waals surface area contributed by atoms with Crippen LogP contribution in [0.15, 0.2) is 60.9 Å². The second-order valence-corrected chi connectivity index (χ2v) is 9.46. The van der Waals surface area contributed by atoms with Gasteiger partial charge >= 0.3 is 0 Å². The third-order valence-corrected chi connectivity index (χ3v) is 7.39. The molecule has 7 rings (SSSR count). The Morgan fingerprint density at radius 2 is 1.76 bits per heavy atom. The Balaban J connectivity index is 1.35. The molecule has 2 N–H and O–H groups in total. The van der Waals surface area contributed by atoms with E-state index < -0.39 is 0 Å². The Bertz CT molecular complexity index is 1520. The minimum atomic E-state index is 0.390. The third kappa shape index (κ3) is 2.75. The molecule has 0 amide bonds. The third-order valence-electron chi connectivity index (χ3n) is 7.39. The van der Waals surface area contributed by atoms with Crippen molar-refractivity contribution in [3.8, 4) is 16.9 Å². The first-order chi connectivity index (χ1) is 16.1. The highest BCUT2D eigenvalue weighted by Gasteiger charge is 2.53. The van der Waals surface area contributed by atoms with E-state index in [0.717, 1.165) is 57.7 Å². The summed E-state index contributed by atoms with van der Waals surface area (Å²) in [6.07, 6.45) is 4.00. The molecule has 33 heavy (non-hydrogen) atoms. The van der Waals surface area contributed by atoms with Crippen molar-refractivity contribution in [3.05, 3.63) is 66.5 Å². The maximum Gasteiger partial charge on any atom is 0.128 e. The fourth-order valence-corrected chi connectivity index (χ4v) is 5.54. The van der Waals surface area contributed by atoms with Crippen molar-refractivity contribution in [2.75, 3.05) is 18.0 Å². The van der Waals surface area contributed by atoms with Crippen LogP contribution < -0.4 is 10.6 Å². The van der Waals surface area contributed by atoms with Crippen LogP contribution in [0.4, 0.5) is 5.82 Å². The van der Waals surface area contributed by atoms with E-state index >= 15 is 0 Å². The number of hydrogen-bond donors (Lipinski definition) is 1. The van der Waals surface area contributed by atoms with Gasteiger partial charge in [0.15, 0.2) is 0 Å². The molecule has 1 aliphatic carbocycles. The molecular weight excluding hydrogens is 410 g/mol. The van der Waals surface area contributed by atoms with Gasteiger partial charge in [0.1, 0.15) is 11.5 Å². The molecule has 5 aromatic rings. The first-order valence-corrected chi connectivity index (χ1v) is 11.5. The number of nitrogens with zero attached hydrogens (tertiary/aromatic N) is 6. The molecule has 2 atom stereocenters. The highest BCUT2D eigenvalue weighted by Crippen LogP contribution is 2.45. The van der Waals surface area contributed by atoms with Crippen molar-refractivity contribution in [1.82, 2.24) is 24.5 Å². The highest BCUT2D eigenvalue weighted by atomic mass is 15.3. The molecule has 0 spiro atoms. The van der Waals surface area contributed by atoms with E-state index in [9.17, 15) is 0 Å². The SMILES string of the molecule is Cc1cccc2c(-c3cccc4nn(C)cc34)nn(-c3ccc(N4CC5C(N)C5C4)nc3)c12. The van der Waals surface area contributed by atoms with Gasteiger partial charge in [0.25, 0.3) is 0 Å². The molecule has 4 heterocycles. The lowest BCUT2D eigenvalue weighted by Gasteiger charge is -2.20. The minimum absolute atomic E-state index is 0.390. The molecule has 164 valence electrons. The van der Waals surface area contributed by atoms with E-state index in [1.165, 1.54) is 5.56 Å². The number of benzene rings is 2.